The summed E-state index contributed by atoms with van der Waals surface area (Å²) in [5.41, 5.74) is -1.23. The molecule has 31 heavy (non-hydrogen) atoms. The summed E-state index contributed by atoms with van der Waals surface area (Å²) in [5, 5.41) is 8.65. The van der Waals surface area contributed by atoms with E-state index in [1.54, 1.807) is 12.4 Å². The lowest BCUT2D eigenvalue weighted by atomic mass is 10.1. The van der Waals surface area contributed by atoms with Crippen LogP contribution in [-0.4, -0.2) is 56.6 Å². The van der Waals surface area contributed by atoms with Crippen molar-refractivity contribution >= 4 is 27.3 Å². The Morgan fingerprint density at radius 1 is 1.19 bits per heavy atom. The van der Waals surface area contributed by atoms with Crippen molar-refractivity contribution in [2.24, 2.45) is 7.05 Å². The van der Waals surface area contributed by atoms with Gasteiger partial charge in [-0.25, -0.2) is 23.4 Å². The molecule has 0 atom stereocenters. The van der Waals surface area contributed by atoms with Crippen molar-refractivity contribution in [3.63, 3.8) is 0 Å². The molecule has 4 heterocycles. The Morgan fingerprint density at radius 3 is 2.52 bits per heavy atom. The molecule has 0 spiro atoms. The van der Waals surface area contributed by atoms with Crippen LogP contribution in [0.3, 0.4) is 0 Å². The summed E-state index contributed by atoms with van der Waals surface area (Å²) >= 11 is 1.05. The minimum atomic E-state index is -4.61. The fraction of sp³-hybridized carbons (Fsp3) is 0.412. The molecule has 1 aliphatic heterocycles. The van der Waals surface area contributed by atoms with Gasteiger partial charge in [0.2, 0.25) is 16.0 Å². The average molecular weight is 474 g/mol. The fourth-order valence-corrected chi connectivity index (χ4v) is 5.36. The van der Waals surface area contributed by atoms with E-state index in [0.29, 0.717) is 12.8 Å². The zero-order valence-electron chi connectivity index (χ0n) is 16.2. The molecule has 166 valence electrons. The maximum Gasteiger partial charge on any atom is 0.420 e. The lowest BCUT2D eigenvalue weighted by Gasteiger charge is -2.31. The molecule has 14 heteroatoms. The Kier molecular flexibility index (Phi) is 5.70. The van der Waals surface area contributed by atoms with E-state index in [1.165, 1.54) is 27.6 Å². The normalized spacial score (nSPS) is 16.5. The van der Waals surface area contributed by atoms with Crippen LogP contribution in [0.4, 0.5) is 19.1 Å². The molecule has 9 nitrogen and oxygen atoms in total. The second-order valence-electron chi connectivity index (χ2n) is 6.96. The van der Waals surface area contributed by atoms with Crippen LogP contribution in [0.2, 0.25) is 0 Å². The zero-order chi connectivity index (χ0) is 22.2. The van der Waals surface area contributed by atoms with Gasteiger partial charge in [-0.15, -0.1) is 11.3 Å². The van der Waals surface area contributed by atoms with Crippen LogP contribution in [0.25, 0.3) is 10.7 Å². The van der Waals surface area contributed by atoms with Gasteiger partial charge in [0.15, 0.2) is 0 Å². The monoisotopic (exact) mass is 473 g/mol. The predicted octanol–water partition coefficient (Wildman–Crippen LogP) is 2.62. The van der Waals surface area contributed by atoms with Gasteiger partial charge in [-0.2, -0.15) is 22.6 Å². The largest absolute Gasteiger partial charge is 0.420 e. The highest BCUT2D eigenvalue weighted by atomic mass is 32.2. The maximum absolute atomic E-state index is 13.3. The van der Waals surface area contributed by atoms with Gasteiger partial charge in [-0.3, -0.25) is 4.68 Å². The first-order valence-electron chi connectivity index (χ1n) is 9.24. The number of hydrogen-bond donors (Lipinski definition) is 1. The van der Waals surface area contributed by atoms with Crippen molar-refractivity contribution in [2.75, 3.05) is 18.4 Å². The van der Waals surface area contributed by atoms with E-state index < -0.39 is 21.8 Å². The minimum absolute atomic E-state index is 0.0479. The quantitative estimate of drug-likeness (QED) is 0.607. The standard InChI is InChI=1S/C17H18F3N7O2S2/c1-26-10-12(8-23-26)31(28,29)27-5-2-11(3-6-27)24-16-22-9-13(17(18,19)20)14(25-16)15-21-4-7-30-15/h4,7-11H,2-3,5-6H2,1H3,(H,22,24,25). The smallest absolute Gasteiger partial charge is 0.351 e. The van der Waals surface area contributed by atoms with E-state index in [9.17, 15) is 21.6 Å². The maximum atomic E-state index is 13.3. The number of rotatable bonds is 5. The summed E-state index contributed by atoms with van der Waals surface area (Å²) in [4.78, 5) is 11.9. The summed E-state index contributed by atoms with van der Waals surface area (Å²) in [6.07, 6.45) is 1.20. The van der Waals surface area contributed by atoms with Crippen LogP contribution in [0, 0.1) is 0 Å². The zero-order valence-corrected chi connectivity index (χ0v) is 17.9. The molecule has 0 aromatic carbocycles. The number of piperidine rings is 1. The molecule has 1 saturated heterocycles. The van der Waals surface area contributed by atoms with Crippen molar-refractivity contribution in [1.29, 1.82) is 0 Å². The predicted molar refractivity (Wildman–Crippen MR) is 107 cm³/mol. The Hall–Kier alpha value is -2.58. The SMILES string of the molecule is Cn1cc(S(=O)(=O)N2CCC(Nc3ncc(C(F)(F)F)c(-c4nccs4)n3)CC2)cn1. The lowest BCUT2D eigenvalue weighted by molar-refractivity contribution is -0.137. The molecule has 1 aliphatic rings. The molecule has 1 fully saturated rings. The van der Waals surface area contributed by atoms with Gasteiger partial charge in [0.1, 0.15) is 21.2 Å². The van der Waals surface area contributed by atoms with Crippen molar-refractivity contribution in [3.8, 4) is 10.7 Å². The Balaban J connectivity index is 1.47. The Bertz CT molecular complexity index is 1150. The molecule has 0 bridgehead atoms. The number of hydrogen-bond acceptors (Lipinski definition) is 8. The van der Waals surface area contributed by atoms with Gasteiger partial charge in [-0.1, -0.05) is 0 Å². The number of sulfonamides is 1. The number of aromatic nitrogens is 5. The number of thiazole rings is 1. The summed E-state index contributed by atoms with van der Waals surface area (Å²) in [6.45, 7) is 0.518. The van der Waals surface area contributed by atoms with Crippen LogP contribution in [-0.2, 0) is 23.2 Å². The highest BCUT2D eigenvalue weighted by Crippen LogP contribution is 2.36. The minimum Gasteiger partial charge on any atom is -0.351 e. The second-order valence-corrected chi connectivity index (χ2v) is 9.80. The third-order valence-corrected chi connectivity index (χ3v) is 7.47. The molecule has 0 amide bonds. The number of halogens is 3. The van der Waals surface area contributed by atoms with Crippen LogP contribution in [0.5, 0.6) is 0 Å². The topological polar surface area (TPSA) is 106 Å². The molecule has 3 aromatic rings. The van der Waals surface area contributed by atoms with Gasteiger partial charge in [0.05, 0.1) is 6.20 Å². The first-order chi connectivity index (χ1) is 14.6. The second kappa shape index (κ2) is 8.16. The van der Waals surface area contributed by atoms with E-state index in [4.69, 9.17) is 0 Å². The Morgan fingerprint density at radius 2 is 1.94 bits per heavy atom. The van der Waals surface area contributed by atoms with Gasteiger partial charge in [-0.05, 0) is 12.8 Å². The van der Waals surface area contributed by atoms with Gasteiger partial charge in [0.25, 0.3) is 0 Å². The number of nitrogens with zero attached hydrogens (tertiary/aromatic N) is 6. The van der Waals surface area contributed by atoms with E-state index in [0.717, 1.165) is 17.5 Å². The fourth-order valence-electron chi connectivity index (χ4n) is 3.27. The van der Waals surface area contributed by atoms with Gasteiger partial charge in [0, 0.05) is 50.1 Å². The molecule has 0 saturated carbocycles. The number of aryl methyl sites for hydroxylation is 1. The van der Waals surface area contributed by atoms with Crippen molar-refractivity contribution in [3.05, 3.63) is 35.7 Å². The molecule has 4 rings (SSSR count). The summed E-state index contributed by atoms with van der Waals surface area (Å²) in [5.74, 6) is 0.0479. The molecular weight excluding hydrogens is 455 g/mol. The third kappa shape index (κ3) is 4.55. The average Bonchev–Trinajstić information content (AvgIpc) is 3.40. The summed E-state index contributed by atoms with van der Waals surface area (Å²) in [7, 11) is -2.00. The molecule has 0 radical (unpaired) electrons. The molecule has 0 unspecified atom stereocenters. The molecule has 3 aromatic heterocycles. The van der Waals surface area contributed by atoms with Crippen LogP contribution in [0.15, 0.2) is 35.1 Å². The van der Waals surface area contributed by atoms with Crippen LogP contribution >= 0.6 is 11.3 Å². The molecule has 1 N–H and O–H groups in total. The van der Waals surface area contributed by atoms with Gasteiger partial charge < -0.3 is 5.32 Å². The highest BCUT2D eigenvalue weighted by molar-refractivity contribution is 7.89. The first-order valence-corrected chi connectivity index (χ1v) is 11.6. The van der Waals surface area contributed by atoms with E-state index in [2.05, 4.69) is 25.4 Å². The summed E-state index contributed by atoms with van der Waals surface area (Å²) < 4.78 is 68.2. The first kappa shape index (κ1) is 21.6. The number of anilines is 1. The Labute approximate surface area is 180 Å². The van der Waals surface area contributed by atoms with E-state index >= 15 is 0 Å². The van der Waals surface area contributed by atoms with E-state index in [1.807, 2.05) is 0 Å². The number of nitrogens with one attached hydrogen (secondary N) is 1. The third-order valence-electron chi connectivity index (χ3n) is 4.84. The highest BCUT2D eigenvalue weighted by Gasteiger charge is 2.36. The number of alkyl halides is 3. The van der Waals surface area contributed by atoms with Crippen molar-refractivity contribution < 1.29 is 21.6 Å². The van der Waals surface area contributed by atoms with Crippen LogP contribution in [0.1, 0.15) is 18.4 Å². The molecule has 0 aliphatic carbocycles. The van der Waals surface area contributed by atoms with E-state index in [-0.39, 0.29) is 40.7 Å². The van der Waals surface area contributed by atoms with Gasteiger partial charge >= 0.3 is 6.18 Å². The summed E-state index contributed by atoms with van der Waals surface area (Å²) in [6, 6.07) is -0.179. The van der Waals surface area contributed by atoms with Crippen molar-refractivity contribution in [2.45, 2.75) is 30.0 Å². The van der Waals surface area contributed by atoms with Crippen molar-refractivity contribution in [1.82, 2.24) is 29.0 Å². The lowest BCUT2D eigenvalue weighted by Crippen LogP contribution is -2.42. The van der Waals surface area contributed by atoms with Crippen LogP contribution < -0.4 is 5.32 Å². The molecular formula is C17H18F3N7O2S2.